The van der Waals surface area contributed by atoms with E-state index in [0.29, 0.717) is 12.2 Å². The molecule has 1 saturated heterocycles. The third kappa shape index (κ3) is 3.04. The highest BCUT2D eigenvalue weighted by Gasteiger charge is 2.49. The van der Waals surface area contributed by atoms with Crippen LogP contribution in [0.5, 0.6) is 5.75 Å². The van der Waals surface area contributed by atoms with E-state index in [-0.39, 0.29) is 17.3 Å². The van der Waals surface area contributed by atoms with E-state index >= 15 is 0 Å². The lowest BCUT2D eigenvalue weighted by atomic mass is 9.81. The van der Waals surface area contributed by atoms with Crippen LogP contribution in [-0.2, 0) is 4.74 Å². The molecule has 1 aliphatic rings. The molecule has 3 nitrogen and oxygen atoms in total. The number of Topliss-reactive ketones (excluding diaryl/α,β-unsaturated/α-hetero) is 1. The molecule has 1 heterocycles. The van der Waals surface area contributed by atoms with Crippen molar-refractivity contribution in [2.45, 2.75) is 52.2 Å². The summed E-state index contributed by atoms with van der Waals surface area (Å²) < 4.78 is 11.5. The van der Waals surface area contributed by atoms with Crippen molar-refractivity contribution in [1.29, 1.82) is 0 Å². The zero-order valence-corrected chi connectivity index (χ0v) is 13.0. The number of ketones is 1. The maximum Gasteiger partial charge on any atom is 0.169 e. The molecule has 20 heavy (non-hydrogen) atoms. The second kappa shape index (κ2) is 5.21. The van der Waals surface area contributed by atoms with Crippen molar-refractivity contribution in [3.05, 3.63) is 29.8 Å². The molecule has 0 aliphatic carbocycles. The predicted octanol–water partition coefficient (Wildman–Crippen LogP) is 3.86. The molecule has 3 heteroatoms. The average Bonchev–Trinajstić information content (AvgIpc) is 2.57. The fourth-order valence-electron chi connectivity index (χ4n) is 3.08. The van der Waals surface area contributed by atoms with Crippen LogP contribution in [0.1, 0.15) is 51.4 Å². The number of hydrogen-bond acceptors (Lipinski definition) is 3. The lowest BCUT2D eigenvalue weighted by molar-refractivity contribution is -0.0712. The van der Waals surface area contributed by atoms with Crippen molar-refractivity contribution >= 4 is 5.78 Å². The first-order valence-electron chi connectivity index (χ1n) is 7.22. The average molecular weight is 276 g/mol. The van der Waals surface area contributed by atoms with E-state index in [9.17, 15) is 4.79 Å². The normalized spacial score (nSPS) is 23.6. The van der Waals surface area contributed by atoms with E-state index in [4.69, 9.17) is 9.47 Å². The van der Waals surface area contributed by atoms with Gasteiger partial charge in [0.2, 0.25) is 0 Å². The van der Waals surface area contributed by atoms with E-state index in [2.05, 4.69) is 0 Å². The van der Waals surface area contributed by atoms with Crippen LogP contribution in [0.3, 0.4) is 0 Å². The highest BCUT2D eigenvalue weighted by atomic mass is 16.5. The highest BCUT2D eigenvalue weighted by Crippen LogP contribution is 2.43. The van der Waals surface area contributed by atoms with Gasteiger partial charge in [0.1, 0.15) is 5.75 Å². The van der Waals surface area contributed by atoms with Gasteiger partial charge < -0.3 is 9.47 Å². The summed E-state index contributed by atoms with van der Waals surface area (Å²) in [5.74, 6) is 0.769. The van der Waals surface area contributed by atoms with Crippen LogP contribution in [0.15, 0.2) is 24.3 Å². The van der Waals surface area contributed by atoms with E-state index in [1.54, 1.807) is 0 Å². The molecule has 0 saturated carbocycles. The molecule has 0 bridgehead atoms. The molecule has 1 aliphatic heterocycles. The first kappa shape index (κ1) is 15.0. The minimum absolute atomic E-state index is 0.116. The summed E-state index contributed by atoms with van der Waals surface area (Å²) in [5, 5.41) is 0. The Bertz CT molecular complexity index is 503. The van der Waals surface area contributed by atoms with Gasteiger partial charge in [0.25, 0.3) is 0 Å². The lowest BCUT2D eigenvalue weighted by Crippen LogP contribution is -2.33. The monoisotopic (exact) mass is 276 g/mol. The van der Waals surface area contributed by atoms with Crippen LogP contribution in [0, 0.1) is 5.92 Å². The lowest BCUT2D eigenvalue weighted by Gasteiger charge is -2.26. The number of ether oxygens (including phenoxy) is 2. The molecule has 0 aromatic heterocycles. The topological polar surface area (TPSA) is 35.5 Å². The van der Waals surface area contributed by atoms with Crippen LogP contribution in [0.25, 0.3) is 0 Å². The Morgan fingerprint density at radius 2 is 2.05 bits per heavy atom. The van der Waals surface area contributed by atoms with Gasteiger partial charge in [-0.05, 0) is 53.2 Å². The van der Waals surface area contributed by atoms with E-state index in [0.717, 1.165) is 12.2 Å². The predicted molar refractivity (Wildman–Crippen MR) is 79.3 cm³/mol. The van der Waals surface area contributed by atoms with Crippen LogP contribution >= 0.6 is 0 Å². The summed E-state index contributed by atoms with van der Waals surface area (Å²) in [6, 6.07) is 7.42. The minimum atomic E-state index is -0.428. The number of carbonyl (C=O) groups excluding carboxylic acids is 1. The largest absolute Gasteiger partial charge is 0.494 e. The maximum absolute atomic E-state index is 12.8. The van der Waals surface area contributed by atoms with Gasteiger partial charge in [-0.1, -0.05) is 12.1 Å². The molecule has 1 aromatic carbocycles. The minimum Gasteiger partial charge on any atom is -0.494 e. The van der Waals surface area contributed by atoms with Gasteiger partial charge in [-0.3, -0.25) is 4.79 Å². The second-order valence-electron chi connectivity index (χ2n) is 6.55. The molecule has 1 atom stereocenters. The molecule has 0 spiro atoms. The smallest absolute Gasteiger partial charge is 0.169 e. The summed E-state index contributed by atoms with van der Waals surface area (Å²) in [6.07, 6.45) is 0.748. The standard InChI is InChI=1S/C17H24O3/c1-6-19-13-9-7-8-12(10-13)15(18)14-11-16(2,3)20-17(14,4)5/h7-10,14H,6,11H2,1-5H3. The quantitative estimate of drug-likeness (QED) is 0.783. The number of benzene rings is 1. The summed E-state index contributed by atoms with van der Waals surface area (Å²) in [4.78, 5) is 12.8. The Balaban J connectivity index is 2.25. The van der Waals surface area contributed by atoms with Gasteiger partial charge in [0.15, 0.2) is 5.78 Å². The van der Waals surface area contributed by atoms with Crippen molar-refractivity contribution in [2.75, 3.05) is 6.61 Å². The van der Waals surface area contributed by atoms with Crippen LogP contribution in [0.2, 0.25) is 0 Å². The molecule has 2 rings (SSSR count). The zero-order valence-electron chi connectivity index (χ0n) is 13.0. The number of rotatable bonds is 4. The van der Waals surface area contributed by atoms with E-state index < -0.39 is 5.60 Å². The van der Waals surface area contributed by atoms with Crippen LogP contribution < -0.4 is 4.74 Å². The summed E-state index contributed by atoms with van der Waals surface area (Å²) in [6.45, 7) is 10.6. The molecular formula is C17H24O3. The Labute approximate surface area is 121 Å². The van der Waals surface area contributed by atoms with Crippen molar-refractivity contribution in [3.8, 4) is 5.75 Å². The van der Waals surface area contributed by atoms with Gasteiger partial charge in [-0.25, -0.2) is 0 Å². The Kier molecular flexibility index (Phi) is 3.92. The van der Waals surface area contributed by atoms with E-state index in [1.165, 1.54) is 0 Å². The number of carbonyl (C=O) groups is 1. The van der Waals surface area contributed by atoms with Crippen molar-refractivity contribution < 1.29 is 14.3 Å². The van der Waals surface area contributed by atoms with Gasteiger partial charge >= 0.3 is 0 Å². The Hall–Kier alpha value is -1.35. The van der Waals surface area contributed by atoms with Crippen LogP contribution in [0.4, 0.5) is 0 Å². The zero-order chi connectivity index (χ0) is 15.0. The Morgan fingerprint density at radius 1 is 1.35 bits per heavy atom. The molecule has 110 valence electrons. The SMILES string of the molecule is CCOc1cccc(C(=O)C2CC(C)(C)OC2(C)C)c1. The Morgan fingerprint density at radius 3 is 2.60 bits per heavy atom. The fraction of sp³-hybridized carbons (Fsp3) is 0.588. The molecular weight excluding hydrogens is 252 g/mol. The van der Waals surface area contributed by atoms with Crippen molar-refractivity contribution in [2.24, 2.45) is 5.92 Å². The number of hydrogen-bond donors (Lipinski definition) is 0. The van der Waals surface area contributed by atoms with Gasteiger partial charge in [-0.15, -0.1) is 0 Å². The first-order valence-corrected chi connectivity index (χ1v) is 7.22. The highest BCUT2D eigenvalue weighted by molar-refractivity contribution is 5.99. The molecule has 0 radical (unpaired) electrons. The molecule has 1 fully saturated rings. The summed E-state index contributed by atoms with van der Waals surface area (Å²) in [5.41, 5.74) is 0.0270. The fourth-order valence-corrected chi connectivity index (χ4v) is 3.08. The third-order valence-corrected chi connectivity index (χ3v) is 3.82. The van der Waals surface area contributed by atoms with Gasteiger partial charge in [0, 0.05) is 5.56 Å². The summed E-state index contributed by atoms with van der Waals surface area (Å²) in [7, 11) is 0. The molecule has 1 unspecified atom stereocenters. The second-order valence-corrected chi connectivity index (χ2v) is 6.55. The van der Waals surface area contributed by atoms with Crippen LogP contribution in [-0.4, -0.2) is 23.6 Å². The maximum atomic E-state index is 12.8. The summed E-state index contributed by atoms with van der Waals surface area (Å²) >= 11 is 0. The van der Waals surface area contributed by atoms with Gasteiger partial charge in [0.05, 0.1) is 23.7 Å². The van der Waals surface area contributed by atoms with Crippen molar-refractivity contribution in [3.63, 3.8) is 0 Å². The molecule has 0 amide bonds. The van der Waals surface area contributed by atoms with Gasteiger partial charge in [-0.2, -0.15) is 0 Å². The third-order valence-electron chi connectivity index (χ3n) is 3.82. The molecule has 0 N–H and O–H groups in total. The van der Waals surface area contributed by atoms with Crippen molar-refractivity contribution in [1.82, 2.24) is 0 Å². The van der Waals surface area contributed by atoms with E-state index in [1.807, 2.05) is 58.9 Å². The molecule has 1 aromatic rings. The first-order chi connectivity index (χ1) is 9.25.